The van der Waals surface area contributed by atoms with E-state index in [-0.39, 0.29) is 11.8 Å². The molecule has 0 N–H and O–H groups in total. The summed E-state index contributed by atoms with van der Waals surface area (Å²) in [5.74, 6) is -2.08. The van der Waals surface area contributed by atoms with Crippen LogP contribution in [0.5, 0.6) is 0 Å². The number of ether oxygens (including phenoxy) is 2. The number of hydrogen-bond acceptors (Lipinski definition) is 4. The van der Waals surface area contributed by atoms with Crippen LogP contribution in [-0.4, -0.2) is 26.2 Å². The fraction of sp³-hybridized carbons (Fsp3) is 0.444. The lowest BCUT2D eigenvalue weighted by atomic mass is 9.87. The molecule has 0 radical (unpaired) electrons. The number of carbonyl (C=O) groups is 2. The third kappa shape index (κ3) is 5.02. The summed E-state index contributed by atoms with van der Waals surface area (Å²) in [6.45, 7) is 6.49. The summed E-state index contributed by atoms with van der Waals surface area (Å²) in [4.78, 5) is 23.1. The van der Waals surface area contributed by atoms with E-state index >= 15 is 0 Å². The molecule has 4 heteroatoms. The Labute approximate surface area is 132 Å². The van der Waals surface area contributed by atoms with E-state index < -0.39 is 17.9 Å². The van der Waals surface area contributed by atoms with Gasteiger partial charge in [-0.15, -0.1) is 0 Å². The molecule has 1 aromatic carbocycles. The van der Waals surface area contributed by atoms with Crippen LogP contribution in [0.3, 0.4) is 0 Å². The Balaban J connectivity index is 2.75. The van der Waals surface area contributed by atoms with Crippen molar-refractivity contribution in [3.05, 3.63) is 41.5 Å². The fourth-order valence-corrected chi connectivity index (χ4v) is 2.01. The summed E-state index contributed by atoms with van der Waals surface area (Å²) in [6, 6.07) is 8.19. The average Bonchev–Trinajstić information content (AvgIpc) is 2.49. The minimum atomic E-state index is -0.917. The fourth-order valence-electron chi connectivity index (χ4n) is 2.01. The van der Waals surface area contributed by atoms with Gasteiger partial charge >= 0.3 is 11.9 Å². The van der Waals surface area contributed by atoms with Crippen molar-refractivity contribution in [3.8, 4) is 0 Å². The highest BCUT2D eigenvalue weighted by atomic mass is 16.5. The summed E-state index contributed by atoms with van der Waals surface area (Å²) in [5.41, 5.74) is 2.39. The van der Waals surface area contributed by atoms with Gasteiger partial charge in [0.2, 0.25) is 0 Å². The highest BCUT2D eigenvalue weighted by Gasteiger charge is 2.27. The van der Waals surface area contributed by atoms with Crippen LogP contribution in [0, 0.1) is 5.92 Å². The molecule has 4 nitrogen and oxygen atoms in total. The van der Waals surface area contributed by atoms with Crippen LogP contribution in [0.25, 0.3) is 6.08 Å². The minimum Gasteiger partial charge on any atom is -0.468 e. The first-order valence-electron chi connectivity index (χ1n) is 7.22. The average molecular weight is 304 g/mol. The molecule has 0 bridgehead atoms. The van der Waals surface area contributed by atoms with E-state index in [0.29, 0.717) is 0 Å². The molecular formula is C18H24O4. The summed E-state index contributed by atoms with van der Waals surface area (Å²) >= 11 is 0. The summed E-state index contributed by atoms with van der Waals surface area (Å²) < 4.78 is 9.24. The molecule has 0 aliphatic heterocycles. The van der Waals surface area contributed by atoms with E-state index in [1.54, 1.807) is 6.08 Å². The van der Waals surface area contributed by atoms with E-state index in [9.17, 15) is 9.59 Å². The maximum absolute atomic E-state index is 11.6. The molecule has 22 heavy (non-hydrogen) atoms. The zero-order valence-electron chi connectivity index (χ0n) is 13.9. The van der Waals surface area contributed by atoms with Crippen molar-refractivity contribution >= 4 is 18.0 Å². The van der Waals surface area contributed by atoms with Crippen molar-refractivity contribution in [2.24, 2.45) is 5.92 Å². The molecule has 0 aliphatic rings. The molecule has 0 aliphatic carbocycles. The van der Waals surface area contributed by atoms with E-state index in [2.05, 4.69) is 42.4 Å². The molecule has 0 unspecified atom stereocenters. The van der Waals surface area contributed by atoms with E-state index in [1.165, 1.54) is 19.8 Å². The largest absolute Gasteiger partial charge is 0.468 e. The van der Waals surface area contributed by atoms with Gasteiger partial charge in [-0.2, -0.15) is 0 Å². The molecule has 0 aromatic heterocycles. The second-order valence-electron chi connectivity index (χ2n) is 6.11. The quantitative estimate of drug-likeness (QED) is 0.618. The van der Waals surface area contributed by atoms with Gasteiger partial charge in [0, 0.05) is 0 Å². The van der Waals surface area contributed by atoms with Crippen LogP contribution >= 0.6 is 0 Å². The number of rotatable bonds is 5. The Hall–Kier alpha value is -2.10. The monoisotopic (exact) mass is 304 g/mol. The molecular weight excluding hydrogens is 280 g/mol. The van der Waals surface area contributed by atoms with Crippen molar-refractivity contribution in [3.63, 3.8) is 0 Å². The maximum Gasteiger partial charge on any atom is 0.320 e. The standard InChI is InChI=1S/C18H24O4/c1-18(2,3)14-11-9-13(10-12-14)7-6-8-15(16(19)21-4)17(20)22-5/h6-7,9-12,15H,8H2,1-5H3/b7-6+. The van der Waals surface area contributed by atoms with Crippen LogP contribution in [0.2, 0.25) is 0 Å². The molecule has 120 valence electrons. The predicted molar refractivity (Wildman–Crippen MR) is 86.3 cm³/mol. The van der Waals surface area contributed by atoms with Gasteiger partial charge in [-0.3, -0.25) is 9.59 Å². The normalized spacial score (nSPS) is 11.7. The molecule has 0 amide bonds. The number of esters is 2. The predicted octanol–water partition coefficient (Wildman–Crippen LogP) is 3.35. The third-order valence-corrected chi connectivity index (χ3v) is 3.43. The SMILES string of the molecule is COC(=O)C(C/C=C/c1ccc(C(C)(C)C)cc1)C(=O)OC. The molecule has 0 saturated carbocycles. The van der Waals surface area contributed by atoms with Crippen LogP contribution < -0.4 is 0 Å². The van der Waals surface area contributed by atoms with Crippen molar-refractivity contribution in [1.82, 2.24) is 0 Å². The molecule has 1 aromatic rings. The first kappa shape index (κ1) is 18.0. The number of allylic oxidation sites excluding steroid dienone is 1. The highest BCUT2D eigenvalue weighted by molar-refractivity contribution is 5.95. The Morgan fingerprint density at radius 2 is 1.55 bits per heavy atom. The lowest BCUT2D eigenvalue weighted by Gasteiger charge is -2.18. The Morgan fingerprint density at radius 1 is 1.05 bits per heavy atom. The molecule has 0 heterocycles. The van der Waals surface area contributed by atoms with Gasteiger partial charge in [0.1, 0.15) is 0 Å². The second-order valence-corrected chi connectivity index (χ2v) is 6.11. The van der Waals surface area contributed by atoms with Gasteiger partial charge in [-0.05, 0) is 23.0 Å². The molecule has 0 fully saturated rings. The van der Waals surface area contributed by atoms with Gasteiger partial charge in [-0.25, -0.2) is 0 Å². The van der Waals surface area contributed by atoms with Crippen molar-refractivity contribution in [2.45, 2.75) is 32.6 Å². The third-order valence-electron chi connectivity index (χ3n) is 3.43. The zero-order chi connectivity index (χ0) is 16.8. The molecule has 0 saturated heterocycles. The lowest BCUT2D eigenvalue weighted by molar-refractivity contribution is -0.158. The Kier molecular flexibility index (Phi) is 6.35. The van der Waals surface area contributed by atoms with Crippen molar-refractivity contribution in [1.29, 1.82) is 0 Å². The van der Waals surface area contributed by atoms with Crippen molar-refractivity contribution in [2.75, 3.05) is 14.2 Å². The summed E-state index contributed by atoms with van der Waals surface area (Å²) in [5, 5.41) is 0. The smallest absolute Gasteiger partial charge is 0.320 e. The number of carbonyl (C=O) groups excluding carboxylic acids is 2. The number of benzene rings is 1. The Bertz CT molecular complexity index is 519. The van der Waals surface area contributed by atoms with Gasteiger partial charge < -0.3 is 9.47 Å². The molecule has 0 spiro atoms. The second kappa shape index (κ2) is 7.78. The topological polar surface area (TPSA) is 52.6 Å². The molecule has 0 atom stereocenters. The van der Waals surface area contributed by atoms with E-state index in [1.807, 2.05) is 18.2 Å². The van der Waals surface area contributed by atoms with Gasteiger partial charge in [-0.1, -0.05) is 57.2 Å². The zero-order valence-corrected chi connectivity index (χ0v) is 13.9. The van der Waals surface area contributed by atoms with E-state index in [0.717, 1.165) is 5.56 Å². The first-order chi connectivity index (χ1) is 10.3. The van der Waals surface area contributed by atoms with E-state index in [4.69, 9.17) is 0 Å². The number of hydrogen-bond donors (Lipinski definition) is 0. The molecule has 1 rings (SSSR count). The summed E-state index contributed by atoms with van der Waals surface area (Å²) in [6.07, 6.45) is 3.91. The van der Waals surface area contributed by atoms with Gasteiger partial charge in [0.15, 0.2) is 5.92 Å². The van der Waals surface area contributed by atoms with Crippen LogP contribution in [0.15, 0.2) is 30.3 Å². The minimum absolute atomic E-state index is 0.114. The summed E-state index contributed by atoms with van der Waals surface area (Å²) in [7, 11) is 2.51. The van der Waals surface area contributed by atoms with Crippen LogP contribution in [0.1, 0.15) is 38.3 Å². The first-order valence-corrected chi connectivity index (χ1v) is 7.22. The maximum atomic E-state index is 11.6. The van der Waals surface area contributed by atoms with Gasteiger partial charge in [0.05, 0.1) is 14.2 Å². The van der Waals surface area contributed by atoms with Crippen LogP contribution in [0.4, 0.5) is 0 Å². The van der Waals surface area contributed by atoms with Crippen LogP contribution in [-0.2, 0) is 24.5 Å². The lowest BCUT2D eigenvalue weighted by Crippen LogP contribution is -2.25. The van der Waals surface area contributed by atoms with Crippen molar-refractivity contribution < 1.29 is 19.1 Å². The van der Waals surface area contributed by atoms with Gasteiger partial charge in [0.25, 0.3) is 0 Å². The Morgan fingerprint density at radius 3 is 1.95 bits per heavy atom. The highest BCUT2D eigenvalue weighted by Crippen LogP contribution is 2.22. The number of methoxy groups -OCH3 is 2.